The third-order valence-electron chi connectivity index (χ3n) is 4.69. The van der Waals surface area contributed by atoms with E-state index in [-0.39, 0.29) is 11.8 Å². The van der Waals surface area contributed by atoms with E-state index in [1.165, 1.54) is 12.1 Å². The van der Waals surface area contributed by atoms with Gasteiger partial charge in [0.1, 0.15) is 22.9 Å². The largest absolute Gasteiger partial charge is 0.573 e. The first-order valence-corrected chi connectivity index (χ1v) is 10.9. The molecule has 0 fully saturated rings. The summed E-state index contributed by atoms with van der Waals surface area (Å²) in [5.74, 6) is -11.4. The van der Waals surface area contributed by atoms with Crippen molar-refractivity contribution in [1.82, 2.24) is 4.98 Å². The highest BCUT2D eigenvalue weighted by molar-refractivity contribution is 6.12. The average molecular weight is 592 g/mol. The molecular weight excluding hydrogens is 576 g/mol. The summed E-state index contributed by atoms with van der Waals surface area (Å²) in [6, 6.07) is 6.13. The molecule has 2 aromatic carbocycles. The van der Waals surface area contributed by atoms with E-state index in [4.69, 9.17) is 9.47 Å². The second-order valence-electron chi connectivity index (χ2n) is 7.95. The first kappa shape index (κ1) is 31.0. The summed E-state index contributed by atoms with van der Waals surface area (Å²) in [5.41, 5.74) is -3.54. The highest BCUT2D eigenvalue weighted by Gasteiger charge is 2.38. The Kier molecular flexibility index (Phi) is 8.68. The number of esters is 1. The maximum atomic E-state index is 15.2. The zero-order valence-corrected chi connectivity index (χ0v) is 20.6. The fourth-order valence-corrected chi connectivity index (χ4v) is 3.15. The smallest absolute Gasteiger partial charge is 0.464 e. The monoisotopic (exact) mass is 592 g/mol. The molecule has 3 rings (SSSR count). The van der Waals surface area contributed by atoms with Crippen molar-refractivity contribution < 1.29 is 69.5 Å². The number of benzene rings is 2. The second-order valence-corrected chi connectivity index (χ2v) is 7.95. The van der Waals surface area contributed by atoms with Crippen LogP contribution in [0.25, 0.3) is 0 Å². The Bertz CT molecular complexity index is 1460. The molecule has 1 heterocycles. The Balaban J connectivity index is 2.10. The van der Waals surface area contributed by atoms with Crippen LogP contribution in [0.4, 0.5) is 36.6 Å². The van der Waals surface area contributed by atoms with Crippen molar-refractivity contribution in [3.63, 3.8) is 0 Å². The van der Waals surface area contributed by atoms with Crippen molar-refractivity contribution in [1.29, 1.82) is 0 Å². The molecular formula is C23H16BF7N2O8. The zero-order valence-electron chi connectivity index (χ0n) is 20.6. The molecule has 218 valence electrons. The van der Waals surface area contributed by atoms with Crippen molar-refractivity contribution in [2.75, 3.05) is 12.4 Å². The number of nitrogens with one attached hydrogen (secondary N) is 1. The fourth-order valence-electron chi connectivity index (χ4n) is 3.15. The van der Waals surface area contributed by atoms with Crippen molar-refractivity contribution in [2.24, 2.45) is 0 Å². The van der Waals surface area contributed by atoms with Crippen LogP contribution < -0.4 is 19.5 Å². The molecule has 3 aromatic rings. The third-order valence-corrected chi connectivity index (χ3v) is 4.69. The van der Waals surface area contributed by atoms with Crippen molar-refractivity contribution >= 4 is 25.5 Å². The second kappa shape index (κ2) is 11.5. The Hall–Kier alpha value is -4.58. The standard InChI is InChI=1S/C23H16BF7N2O8/c1-38-20(35)12-3-2-4-16(32-12)33-19(34)17-14(8-6-11(18(17)25)21(26,27)28)39-13-7-5-10(40-23(29,30)31)9-15(13)41-22(24,36)37/h2-9,36-37H,24H2,1H3,(H,32,33,34). The van der Waals surface area contributed by atoms with Crippen LogP contribution in [0.5, 0.6) is 23.0 Å². The number of alkyl halides is 6. The molecule has 1 aromatic heterocycles. The highest BCUT2D eigenvalue weighted by Crippen LogP contribution is 2.41. The summed E-state index contributed by atoms with van der Waals surface area (Å²) >= 11 is 0. The summed E-state index contributed by atoms with van der Waals surface area (Å²) in [6.45, 7) is 0. The van der Waals surface area contributed by atoms with Crippen LogP contribution in [0, 0.1) is 5.82 Å². The fraction of sp³-hybridized carbons (Fsp3) is 0.174. The van der Waals surface area contributed by atoms with Crippen LogP contribution in [0.15, 0.2) is 48.5 Å². The lowest BCUT2D eigenvalue weighted by Crippen LogP contribution is -2.35. The summed E-state index contributed by atoms with van der Waals surface area (Å²) in [5, 5.41) is 21.1. The number of hydrogen-bond acceptors (Lipinski definition) is 9. The van der Waals surface area contributed by atoms with E-state index in [9.17, 15) is 46.1 Å². The number of aromatic nitrogens is 1. The molecule has 0 saturated heterocycles. The van der Waals surface area contributed by atoms with E-state index in [0.717, 1.165) is 13.2 Å². The van der Waals surface area contributed by atoms with E-state index in [0.29, 0.717) is 32.1 Å². The third kappa shape index (κ3) is 8.21. The maximum Gasteiger partial charge on any atom is 0.573 e. The van der Waals surface area contributed by atoms with Gasteiger partial charge in [-0.15, -0.1) is 13.2 Å². The molecule has 0 radical (unpaired) electrons. The quantitative estimate of drug-likeness (QED) is 0.155. The number of nitrogens with zero attached hydrogens (tertiary/aromatic N) is 1. The van der Waals surface area contributed by atoms with Gasteiger partial charge in [-0.2, -0.15) is 13.2 Å². The normalized spacial score (nSPS) is 12.0. The van der Waals surface area contributed by atoms with E-state index in [1.54, 1.807) is 0 Å². The van der Waals surface area contributed by atoms with Crippen LogP contribution >= 0.6 is 0 Å². The minimum absolute atomic E-state index is 0.224. The Morgan fingerprint density at radius 1 is 0.927 bits per heavy atom. The Labute approximate surface area is 225 Å². The predicted molar refractivity (Wildman–Crippen MR) is 124 cm³/mol. The van der Waals surface area contributed by atoms with Gasteiger partial charge in [-0.1, -0.05) is 6.07 Å². The first-order chi connectivity index (χ1) is 18.9. The number of amides is 1. The van der Waals surface area contributed by atoms with Gasteiger partial charge in [-0.3, -0.25) is 4.79 Å². The SMILES string of the molecule is BC(O)(O)Oc1cc(OC(F)(F)F)ccc1Oc1ccc(C(F)(F)F)c(F)c1C(=O)Nc1cccc(C(=O)OC)n1. The number of ether oxygens (including phenoxy) is 4. The molecule has 18 heteroatoms. The van der Waals surface area contributed by atoms with E-state index in [1.807, 2.05) is 5.32 Å². The summed E-state index contributed by atoms with van der Waals surface area (Å²) in [6.07, 6.45) is -10.5. The number of carbonyl (C=O) groups is 2. The van der Waals surface area contributed by atoms with E-state index < -0.39 is 76.0 Å². The number of rotatable bonds is 8. The van der Waals surface area contributed by atoms with Gasteiger partial charge in [0.25, 0.3) is 11.8 Å². The molecule has 0 spiro atoms. The zero-order chi connectivity index (χ0) is 30.8. The molecule has 0 aliphatic rings. The van der Waals surface area contributed by atoms with Gasteiger partial charge in [0.2, 0.25) is 7.85 Å². The molecule has 0 saturated carbocycles. The van der Waals surface area contributed by atoms with Gasteiger partial charge < -0.3 is 34.5 Å². The molecule has 41 heavy (non-hydrogen) atoms. The minimum Gasteiger partial charge on any atom is -0.464 e. The number of carbonyl (C=O) groups excluding carboxylic acids is 2. The maximum absolute atomic E-state index is 15.2. The van der Waals surface area contributed by atoms with Gasteiger partial charge in [-0.25, -0.2) is 14.2 Å². The van der Waals surface area contributed by atoms with Crippen LogP contribution in [0.2, 0.25) is 0 Å². The van der Waals surface area contributed by atoms with Gasteiger partial charge in [0.05, 0.1) is 12.7 Å². The molecule has 3 N–H and O–H groups in total. The highest BCUT2D eigenvalue weighted by atomic mass is 19.4. The molecule has 0 atom stereocenters. The van der Waals surface area contributed by atoms with Gasteiger partial charge in [-0.05, 0) is 36.4 Å². The first-order valence-electron chi connectivity index (χ1n) is 10.9. The number of methoxy groups -OCH3 is 1. The van der Waals surface area contributed by atoms with Gasteiger partial charge >= 0.3 is 18.5 Å². The van der Waals surface area contributed by atoms with Crippen molar-refractivity contribution in [3.8, 4) is 23.0 Å². The lowest BCUT2D eigenvalue weighted by Gasteiger charge is -2.22. The topological polar surface area (TPSA) is 136 Å². The van der Waals surface area contributed by atoms with Crippen LogP contribution in [-0.2, 0) is 10.9 Å². The van der Waals surface area contributed by atoms with Gasteiger partial charge in [0.15, 0.2) is 23.0 Å². The van der Waals surface area contributed by atoms with Crippen molar-refractivity contribution in [2.45, 2.75) is 18.4 Å². The lowest BCUT2D eigenvalue weighted by molar-refractivity contribution is -0.274. The molecule has 0 bridgehead atoms. The Morgan fingerprint density at radius 3 is 2.17 bits per heavy atom. The number of hydrogen-bond donors (Lipinski definition) is 3. The van der Waals surface area contributed by atoms with E-state index in [2.05, 4.69) is 14.5 Å². The molecule has 0 aliphatic heterocycles. The number of halogens is 7. The Morgan fingerprint density at radius 2 is 1.59 bits per heavy atom. The summed E-state index contributed by atoms with van der Waals surface area (Å²) in [7, 11) is 1.69. The number of anilines is 1. The lowest BCUT2D eigenvalue weighted by atomic mass is 10.1. The summed E-state index contributed by atoms with van der Waals surface area (Å²) in [4.78, 5) is 28.4. The van der Waals surface area contributed by atoms with E-state index >= 15 is 4.39 Å². The summed E-state index contributed by atoms with van der Waals surface area (Å²) < 4.78 is 112. The molecule has 10 nitrogen and oxygen atoms in total. The minimum atomic E-state index is -5.28. The molecule has 0 unspecified atom stereocenters. The van der Waals surface area contributed by atoms with Crippen LogP contribution in [0.3, 0.4) is 0 Å². The predicted octanol–water partition coefficient (Wildman–Crippen LogP) is 3.58. The van der Waals surface area contributed by atoms with Gasteiger partial charge in [0, 0.05) is 6.07 Å². The number of pyridine rings is 1. The van der Waals surface area contributed by atoms with Crippen molar-refractivity contribution in [3.05, 3.63) is 71.2 Å². The molecule has 1 amide bonds. The van der Waals surface area contributed by atoms with Crippen LogP contribution in [0.1, 0.15) is 26.4 Å². The number of aliphatic hydroxyl groups is 2. The average Bonchev–Trinajstić information content (AvgIpc) is 2.82. The molecule has 0 aliphatic carbocycles. The van der Waals surface area contributed by atoms with Crippen LogP contribution in [-0.4, -0.2) is 54.3 Å².